The van der Waals surface area contributed by atoms with Crippen LogP contribution >= 0.6 is 12.4 Å². The van der Waals surface area contributed by atoms with Crippen LogP contribution in [-0.2, 0) is 14.3 Å². The standard InChI is InChI=1S/C15H31NO3.ClH/c1-7-13(8-2)14(18-9-10(3)4)12(6)19-15(17)11(5)16;/h10-14H,7-9,16H2,1-6H3;1H/t11-,12-,14-;/m0./s1. The minimum Gasteiger partial charge on any atom is -0.459 e. The summed E-state index contributed by atoms with van der Waals surface area (Å²) in [4.78, 5) is 11.6. The van der Waals surface area contributed by atoms with E-state index in [4.69, 9.17) is 15.2 Å². The van der Waals surface area contributed by atoms with Gasteiger partial charge in [0.05, 0.1) is 6.10 Å². The lowest BCUT2D eigenvalue weighted by atomic mass is 9.93. The summed E-state index contributed by atoms with van der Waals surface area (Å²) in [5.74, 6) is 0.499. The molecule has 0 amide bonds. The maximum absolute atomic E-state index is 11.6. The van der Waals surface area contributed by atoms with Gasteiger partial charge in [-0.05, 0) is 25.7 Å². The molecular formula is C15H32ClNO3. The Morgan fingerprint density at radius 2 is 1.60 bits per heavy atom. The van der Waals surface area contributed by atoms with Crippen molar-refractivity contribution in [1.82, 2.24) is 0 Å². The van der Waals surface area contributed by atoms with E-state index in [1.165, 1.54) is 0 Å². The van der Waals surface area contributed by atoms with Gasteiger partial charge in [-0.25, -0.2) is 0 Å². The maximum atomic E-state index is 11.6. The molecule has 0 spiro atoms. The van der Waals surface area contributed by atoms with E-state index in [9.17, 15) is 4.79 Å². The molecule has 0 heterocycles. The van der Waals surface area contributed by atoms with Gasteiger partial charge in [-0.15, -0.1) is 12.4 Å². The number of carbonyl (C=O) groups excluding carboxylic acids is 1. The lowest BCUT2D eigenvalue weighted by molar-refractivity contribution is -0.161. The first-order valence-electron chi connectivity index (χ1n) is 7.41. The van der Waals surface area contributed by atoms with Gasteiger partial charge in [0.2, 0.25) is 0 Å². The quantitative estimate of drug-likeness (QED) is 0.665. The summed E-state index contributed by atoms with van der Waals surface area (Å²) in [6.07, 6.45) is 1.71. The zero-order valence-electron chi connectivity index (χ0n) is 13.7. The van der Waals surface area contributed by atoms with E-state index in [-0.39, 0.29) is 30.6 Å². The Hall–Kier alpha value is -0.320. The molecule has 0 aliphatic carbocycles. The predicted octanol–water partition coefficient (Wildman–Crippen LogP) is 3.16. The van der Waals surface area contributed by atoms with E-state index < -0.39 is 6.04 Å². The molecule has 0 saturated carbocycles. The summed E-state index contributed by atoms with van der Waals surface area (Å²) in [5, 5.41) is 0. The molecule has 0 unspecified atom stereocenters. The minimum atomic E-state index is -0.588. The smallest absolute Gasteiger partial charge is 0.322 e. The summed E-state index contributed by atoms with van der Waals surface area (Å²) in [6, 6.07) is -0.588. The number of hydrogen-bond acceptors (Lipinski definition) is 4. The van der Waals surface area contributed by atoms with Crippen LogP contribution in [0.4, 0.5) is 0 Å². The number of halogens is 1. The van der Waals surface area contributed by atoms with Gasteiger partial charge in [-0.1, -0.05) is 40.5 Å². The predicted molar refractivity (Wildman–Crippen MR) is 85.1 cm³/mol. The second-order valence-corrected chi connectivity index (χ2v) is 5.70. The Bertz CT molecular complexity index is 256. The van der Waals surface area contributed by atoms with Crippen molar-refractivity contribution in [2.24, 2.45) is 17.6 Å². The molecule has 122 valence electrons. The largest absolute Gasteiger partial charge is 0.459 e. The van der Waals surface area contributed by atoms with Crippen LogP contribution in [0.5, 0.6) is 0 Å². The third-order valence-electron chi connectivity index (χ3n) is 3.27. The van der Waals surface area contributed by atoms with Gasteiger partial charge in [0.15, 0.2) is 0 Å². The van der Waals surface area contributed by atoms with Gasteiger partial charge < -0.3 is 15.2 Å². The molecule has 0 aromatic heterocycles. The van der Waals surface area contributed by atoms with Crippen molar-refractivity contribution in [2.75, 3.05) is 6.61 Å². The topological polar surface area (TPSA) is 61.5 Å². The number of hydrogen-bond donors (Lipinski definition) is 1. The van der Waals surface area contributed by atoms with Crippen LogP contribution in [0.15, 0.2) is 0 Å². The fourth-order valence-electron chi connectivity index (χ4n) is 2.07. The summed E-state index contributed by atoms with van der Waals surface area (Å²) in [5.41, 5.74) is 5.53. The van der Waals surface area contributed by atoms with Gasteiger partial charge in [0.1, 0.15) is 12.1 Å². The Labute approximate surface area is 130 Å². The van der Waals surface area contributed by atoms with Crippen molar-refractivity contribution in [3.63, 3.8) is 0 Å². The number of carbonyl (C=O) groups is 1. The van der Waals surface area contributed by atoms with Crippen LogP contribution in [0.2, 0.25) is 0 Å². The highest BCUT2D eigenvalue weighted by atomic mass is 35.5. The van der Waals surface area contributed by atoms with E-state index in [1.54, 1.807) is 6.92 Å². The van der Waals surface area contributed by atoms with Gasteiger partial charge in [-0.3, -0.25) is 4.79 Å². The maximum Gasteiger partial charge on any atom is 0.322 e. The molecule has 2 N–H and O–H groups in total. The Morgan fingerprint density at radius 3 is 1.95 bits per heavy atom. The van der Waals surface area contributed by atoms with E-state index in [2.05, 4.69) is 27.7 Å². The summed E-state index contributed by atoms with van der Waals surface area (Å²) >= 11 is 0. The highest BCUT2D eigenvalue weighted by molar-refractivity contribution is 5.85. The second kappa shape index (κ2) is 11.4. The first kappa shape index (κ1) is 22.0. The zero-order valence-corrected chi connectivity index (χ0v) is 14.5. The zero-order chi connectivity index (χ0) is 15.0. The molecule has 0 rings (SSSR count). The lowest BCUT2D eigenvalue weighted by Gasteiger charge is -2.31. The molecule has 3 atom stereocenters. The van der Waals surface area contributed by atoms with Crippen LogP contribution in [-0.4, -0.2) is 30.8 Å². The number of nitrogens with two attached hydrogens (primary N) is 1. The van der Waals surface area contributed by atoms with Gasteiger partial charge >= 0.3 is 5.97 Å². The van der Waals surface area contributed by atoms with Crippen molar-refractivity contribution in [3.05, 3.63) is 0 Å². The van der Waals surface area contributed by atoms with Gasteiger partial charge in [0, 0.05) is 6.61 Å². The molecule has 0 aliphatic heterocycles. The average Bonchev–Trinajstić information content (AvgIpc) is 2.33. The fourth-order valence-corrected chi connectivity index (χ4v) is 2.07. The van der Waals surface area contributed by atoms with Crippen molar-refractivity contribution in [3.8, 4) is 0 Å². The number of rotatable bonds is 9. The highest BCUT2D eigenvalue weighted by Gasteiger charge is 2.29. The van der Waals surface area contributed by atoms with Gasteiger partial charge in [-0.2, -0.15) is 0 Å². The average molecular weight is 310 g/mol. The fraction of sp³-hybridized carbons (Fsp3) is 0.933. The van der Waals surface area contributed by atoms with Crippen molar-refractivity contribution in [1.29, 1.82) is 0 Å². The minimum absolute atomic E-state index is 0. The Kier molecular flexibility index (Phi) is 12.5. The third kappa shape index (κ3) is 8.08. The molecular weight excluding hydrogens is 278 g/mol. The SMILES string of the molecule is CCC(CC)[C@@H](OCC(C)C)[C@H](C)OC(=O)[C@H](C)N.Cl. The molecule has 0 saturated heterocycles. The summed E-state index contributed by atoms with van der Waals surface area (Å²) in [6.45, 7) is 12.7. The Morgan fingerprint density at radius 1 is 1.10 bits per heavy atom. The molecule has 0 fully saturated rings. The second-order valence-electron chi connectivity index (χ2n) is 5.70. The first-order valence-corrected chi connectivity index (χ1v) is 7.41. The van der Waals surface area contributed by atoms with Crippen LogP contribution in [0.1, 0.15) is 54.4 Å². The van der Waals surface area contributed by atoms with Crippen molar-refractivity contribution >= 4 is 18.4 Å². The lowest BCUT2D eigenvalue weighted by Crippen LogP contribution is -2.41. The molecule has 0 aliphatic rings. The monoisotopic (exact) mass is 309 g/mol. The van der Waals surface area contributed by atoms with E-state index in [0.29, 0.717) is 18.4 Å². The third-order valence-corrected chi connectivity index (χ3v) is 3.27. The normalized spacial score (nSPS) is 15.7. The Balaban J connectivity index is 0. The van der Waals surface area contributed by atoms with Crippen LogP contribution in [0, 0.1) is 11.8 Å². The van der Waals surface area contributed by atoms with Crippen molar-refractivity contribution < 1.29 is 14.3 Å². The molecule has 0 bridgehead atoms. The number of esters is 1. The van der Waals surface area contributed by atoms with E-state index in [0.717, 1.165) is 12.8 Å². The summed E-state index contributed by atoms with van der Waals surface area (Å²) < 4.78 is 11.4. The molecule has 0 aromatic rings. The molecule has 4 nitrogen and oxygen atoms in total. The van der Waals surface area contributed by atoms with E-state index >= 15 is 0 Å². The summed E-state index contributed by atoms with van der Waals surface area (Å²) in [7, 11) is 0. The highest BCUT2D eigenvalue weighted by Crippen LogP contribution is 2.22. The van der Waals surface area contributed by atoms with Crippen LogP contribution in [0.3, 0.4) is 0 Å². The van der Waals surface area contributed by atoms with Crippen LogP contribution in [0.25, 0.3) is 0 Å². The van der Waals surface area contributed by atoms with Crippen LogP contribution < -0.4 is 5.73 Å². The molecule has 0 aromatic carbocycles. The molecule has 5 heteroatoms. The molecule has 0 radical (unpaired) electrons. The van der Waals surface area contributed by atoms with E-state index in [1.807, 2.05) is 6.92 Å². The first-order chi connectivity index (χ1) is 8.83. The van der Waals surface area contributed by atoms with Gasteiger partial charge in [0.25, 0.3) is 0 Å². The van der Waals surface area contributed by atoms with Crippen molar-refractivity contribution in [2.45, 2.75) is 72.6 Å². The number of ether oxygens (including phenoxy) is 2. The molecule has 20 heavy (non-hydrogen) atoms.